The Kier molecular flexibility index (Phi) is 11.9. The highest BCUT2D eigenvalue weighted by Gasteiger charge is 2.42. The van der Waals surface area contributed by atoms with Crippen molar-refractivity contribution in [3.8, 4) is 0 Å². The number of ether oxygens (including phenoxy) is 5. The lowest BCUT2D eigenvalue weighted by Gasteiger charge is -2.26. The fourth-order valence-corrected chi connectivity index (χ4v) is 6.06. The number of fused-ring (bicyclic) bond motifs is 1. The highest BCUT2D eigenvalue weighted by molar-refractivity contribution is 8.00. The van der Waals surface area contributed by atoms with E-state index in [4.69, 9.17) is 23.7 Å². The van der Waals surface area contributed by atoms with Crippen molar-refractivity contribution < 1.29 is 38.1 Å². The minimum atomic E-state index is -0.894. The molecule has 3 aliphatic heterocycles. The van der Waals surface area contributed by atoms with E-state index in [0.29, 0.717) is 70.7 Å². The summed E-state index contributed by atoms with van der Waals surface area (Å²) in [6, 6.07) is 0.409. The highest BCUT2D eigenvalue weighted by atomic mass is 32.2. The summed E-state index contributed by atoms with van der Waals surface area (Å²) in [5, 5.41) is 9.25. The Morgan fingerprint density at radius 2 is 1.86 bits per heavy atom. The maximum Gasteiger partial charge on any atom is 0.315 e. The van der Waals surface area contributed by atoms with Gasteiger partial charge in [-0.1, -0.05) is 6.42 Å². The van der Waals surface area contributed by atoms with E-state index in [1.54, 1.807) is 0 Å². The summed E-state index contributed by atoms with van der Waals surface area (Å²) in [6.07, 6.45) is 4.66. The summed E-state index contributed by atoms with van der Waals surface area (Å²) < 4.78 is 27.0. The third-order valence-corrected chi connectivity index (χ3v) is 7.83. The van der Waals surface area contributed by atoms with Gasteiger partial charge in [-0.3, -0.25) is 9.59 Å². The Morgan fingerprint density at radius 1 is 1.09 bits per heavy atom. The summed E-state index contributed by atoms with van der Waals surface area (Å²) in [5.74, 6) is -0.252. The lowest BCUT2D eigenvalue weighted by Crippen LogP contribution is -2.36. The second-order valence-corrected chi connectivity index (χ2v) is 10.2. The number of carbonyl (C=O) groups is 3. The number of unbranched alkanes of at least 4 members (excludes halogenated alkanes) is 1. The van der Waals surface area contributed by atoms with Gasteiger partial charge < -0.3 is 39.6 Å². The molecule has 0 spiro atoms. The first-order valence-electron chi connectivity index (χ1n) is 12.5. The number of esters is 1. The zero-order valence-electron chi connectivity index (χ0n) is 20.5. The van der Waals surface area contributed by atoms with Crippen molar-refractivity contribution in [2.45, 2.75) is 68.1 Å². The largest absolute Gasteiger partial charge is 0.469 e. The molecule has 11 nitrogen and oxygen atoms in total. The Balaban J connectivity index is 1.10. The SMILES string of the molecule is COC(=O)CC1(CCCOCCOCCNC(=O)CCCC[C@@H]2SC[C@@H]3NC(=O)N[C@@H]32)OCCO1. The lowest BCUT2D eigenvalue weighted by atomic mass is 10.0. The van der Waals surface area contributed by atoms with Crippen LogP contribution in [0.2, 0.25) is 0 Å². The first-order valence-corrected chi connectivity index (χ1v) is 13.5. The smallest absolute Gasteiger partial charge is 0.315 e. The van der Waals surface area contributed by atoms with Crippen molar-refractivity contribution in [2.75, 3.05) is 59.0 Å². The van der Waals surface area contributed by atoms with Gasteiger partial charge >= 0.3 is 12.0 Å². The summed E-state index contributed by atoms with van der Waals surface area (Å²) in [6.45, 7) is 3.28. The minimum absolute atomic E-state index is 0.0369. The molecule has 0 aliphatic carbocycles. The van der Waals surface area contributed by atoms with Crippen LogP contribution in [0.5, 0.6) is 0 Å². The number of urea groups is 1. The maximum atomic E-state index is 12.0. The molecule has 0 aromatic rings. The molecule has 200 valence electrons. The third kappa shape index (κ3) is 9.41. The molecule has 3 atom stereocenters. The normalized spacial score (nSPS) is 24.6. The van der Waals surface area contributed by atoms with Crippen LogP contribution in [0.4, 0.5) is 4.79 Å². The van der Waals surface area contributed by atoms with Crippen molar-refractivity contribution in [1.82, 2.24) is 16.0 Å². The number of rotatable bonds is 17. The van der Waals surface area contributed by atoms with Crippen molar-refractivity contribution in [3.05, 3.63) is 0 Å². The number of nitrogens with one attached hydrogen (secondary N) is 3. The molecule has 35 heavy (non-hydrogen) atoms. The molecule has 3 rings (SSSR count). The van der Waals surface area contributed by atoms with Crippen LogP contribution in [0.3, 0.4) is 0 Å². The fraction of sp³-hybridized carbons (Fsp3) is 0.870. The number of hydrogen-bond acceptors (Lipinski definition) is 9. The Labute approximate surface area is 211 Å². The van der Waals surface area contributed by atoms with E-state index in [0.717, 1.165) is 25.0 Å². The second kappa shape index (κ2) is 14.8. The van der Waals surface area contributed by atoms with Crippen LogP contribution in [0, 0.1) is 0 Å². The van der Waals surface area contributed by atoms with Gasteiger partial charge in [-0.05, 0) is 19.3 Å². The average Bonchev–Trinajstić information content (AvgIpc) is 3.55. The van der Waals surface area contributed by atoms with E-state index in [-0.39, 0.29) is 36.4 Å². The summed E-state index contributed by atoms with van der Waals surface area (Å²) >= 11 is 1.90. The first-order chi connectivity index (χ1) is 17.0. The van der Waals surface area contributed by atoms with Crippen LogP contribution in [0.1, 0.15) is 44.9 Å². The molecule has 3 amide bonds. The van der Waals surface area contributed by atoms with Crippen LogP contribution in [0.15, 0.2) is 0 Å². The monoisotopic (exact) mass is 517 g/mol. The summed E-state index contributed by atoms with van der Waals surface area (Å²) in [7, 11) is 1.35. The van der Waals surface area contributed by atoms with Gasteiger partial charge in [0.25, 0.3) is 0 Å². The molecular formula is C23H39N3O8S. The van der Waals surface area contributed by atoms with Gasteiger partial charge in [-0.25, -0.2) is 4.79 Å². The summed E-state index contributed by atoms with van der Waals surface area (Å²) in [5.41, 5.74) is 0. The summed E-state index contributed by atoms with van der Waals surface area (Å²) in [4.78, 5) is 35.0. The Bertz CT molecular complexity index is 692. The van der Waals surface area contributed by atoms with E-state index in [1.807, 2.05) is 11.8 Å². The lowest BCUT2D eigenvalue weighted by molar-refractivity contribution is -0.185. The van der Waals surface area contributed by atoms with Crippen molar-refractivity contribution in [2.24, 2.45) is 0 Å². The van der Waals surface area contributed by atoms with Crippen LogP contribution < -0.4 is 16.0 Å². The third-order valence-electron chi connectivity index (χ3n) is 6.32. The van der Waals surface area contributed by atoms with Gasteiger partial charge in [-0.15, -0.1) is 0 Å². The van der Waals surface area contributed by atoms with E-state index in [1.165, 1.54) is 7.11 Å². The van der Waals surface area contributed by atoms with Gasteiger partial charge in [0.05, 0.1) is 58.6 Å². The molecule has 3 N–H and O–H groups in total. The van der Waals surface area contributed by atoms with Crippen molar-refractivity contribution in [1.29, 1.82) is 0 Å². The first kappa shape index (κ1) is 28.0. The van der Waals surface area contributed by atoms with E-state index in [2.05, 4.69) is 16.0 Å². The van der Waals surface area contributed by atoms with Crippen molar-refractivity contribution in [3.63, 3.8) is 0 Å². The molecule has 3 fully saturated rings. The topological polar surface area (TPSA) is 133 Å². The second-order valence-electron chi connectivity index (χ2n) is 8.91. The zero-order valence-corrected chi connectivity index (χ0v) is 21.3. The quantitative estimate of drug-likeness (QED) is 0.146. The molecule has 0 aromatic heterocycles. The van der Waals surface area contributed by atoms with Crippen LogP contribution in [0.25, 0.3) is 0 Å². The fourth-order valence-electron chi connectivity index (χ4n) is 4.51. The molecule has 3 saturated heterocycles. The van der Waals surface area contributed by atoms with Gasteiger partial charge in [0.15, 0.2) is 5.79 Å². The number of thioether (sulfide) groups is 1. The zero-order chi connectivity index (χ0) is 24.9. The highest BCUT2D eigenvalue weighted by Crippen LogP contribution is 2.33. The van der Waals surface area contributed by atoms with E-state index < -0.39 is 5.79 Å². The van der Waals surface area contributed by atoms with Gasteiger partial charge in [0, 0.05) is 37.0 Å². The predicted octanol–water partition coefficient (Wildman–Crippen LogP) is 0.948. The molecule has 0 saturated carbocycles. The molecule has 3 aliphatic rings. The predicted molar refractivity (Wildman–Crippen MR) is 129 cm³/mol. The van der Waals surface area contributed by atoms with Gasteiger partial charge in [0.1, 0.15) is 0 Å². The van der Waals surface area contributed by atoms with E-state index in [9.17, 15) is 14.4 Å². The molecule has 0 unspecified atom stereocenters. The number of amides is 3. The number of carbonyl (C=O) groups excluding carboxylic acids is 3. The molecular weight excluding hydrogens is 478 g/mol. The van der Waals surface area contributed by atoms with Gasteiger partial charge in [-0.2, -0.15) is 11.8 Å². The molecule has 0 aromatic carbocycles. The molecule has 12 heteroatoms. The molecule has 0 bridgehead atoms. The van der Waals surface area contributed by atoms with E-state index >= 15 is 0 Å². The number of hydrogen-bond donors (Lipinski definition) is 3. The Morgan fingerprint density at radius 3 is 2.63 bits per heavy atom. The van der Waals surface area contributed by atoms with Crippen LogP contribution >= 0.6 is 11.8 Å². The molecule has 0 radical (unpaired) electrons. The number of methoxy groups -OCH3 is 1. The maximum absolute atomic E-state index is 12.0. The van der Waals surface area contributed by atoms with Crippen LogP contribution in [-0.2, 0) is 33.3 Å². The standard InChI is InChI=1S/C23H39N3O8S/c1-30-20(28)15-23(33-13-14-34-23)7-4-9-31-11-12-32-10-8-24-19(27)6-3-2-5-18-21-17(16-35-18)25-22(29)26-21/h17-18,21H,2-16H2,1H3,(H,24,27)(H2,25,26,29)/t17-,18-,21-/m0/s1. The average molecular weight is 518 g/mol. The molecule has 3 heterocycles. The minimum Gasteiger partial charge on any atom is -0.469 e. The Hall–Kier alpha value is -1.60. The van der Waals surface area contributed by atoms with Crippen molar-refractivity contribution >= 4 is 29.7 Å². The van der Waals surface area contributed by atoms with Crippen LogP contribution in [-0.4, -0.2) is 100 Å². The van der Waals surface area contributed by atoms with Gasteiger partial charge in [0.2, 0.25) is 5.91 Å².